The number of halogens is 1. The molecule has 0 amide bonds. The molecule has 0 aromatic heterocycles. The lowest BCUT2D eigenvalue weighted by Crippen LogP contribution is -2.18. The van der Waals surface area contributed by atoms with Gasteiger partial charge < -0.3 is 10.2 Å². The lowest BCUT2D eigenvalue weighted by molar-refractivity contribution is 0.0170. The quantitative estimate of drug-likeness (QED) is 0.822. The molecule has 2 atom stereocenters. The predicted octanol–water partition coefficient (Wildman–Crippen LogP) is 3.38. The predicted molar refractivity (Wildman–Crippen MR) is 78.2 cm³/mol. The standard InChI is InChI=1S/C16H17ClO2/c17-10-9-15(18)16(19)14-8-4-7-13(11-14)12-5-2-1-3-6-12/h1-8,11,15-16,18-19H,9-10H2. The van der Waals surface area contributed by atoms with Crippen LogP contribution in [0.25, 0.3) is 11.1 Å². The van der Waals surface area contributed by atoms with Crippen molar-refractivity contribution in [2.75, 3.05) is 5.88 Å². The fourth-order valence-electron chi connectivity index (χ4n) is 2.02. The first-order valence-corrected chi connectivity index (χ1v) is 6.83. The minimum atomic E-state index is -0.901. The van der Waals surface area contributed by atoms with Crippen LogP contribution in [0.4, 0.5) is 0 Å². The van der Waals surface area contributed by atoms with Crippen LogP contribution in [0.3, 0.4) is 0 Å². The van der Waals surface area contributed by atoms with Crippen molar-refractivity contribution < 1.29 is 10.2 Å². The molecule has 2 aromatic rings. The third kappa shape index (κ3) is 3.57. The summed E-state index contributed by atoms with van der Waals surface area (Å²) in [5, 5.41) is 19.9. The number of alkyl halides is 1. The minimum Gasteiger partial charge on any atom is -0.390 e. The third-order valence-electron chi connectivity index (χ3n) is 3.10. The molecule has 0 aliphatic rings. The van der Waals surface area contributed by atoms with Crippen molar-refractivity contribution in [1.29, 1.82) is 0 Å². The first-order valence-electron chi connectivity index (χ1n) is 6.30. The zero-order valence-electron chi connectivity index (χ0n) is 10.5. The highest BCUT2D eigenvalue weighted by atomic mass is 35.5. The molecular formula is C16H17ClO2. The highest BCUT2D eigenvalue weighted by Gasteiger charge is 2.17. The van der Waals surface area contributed by atoms with Gasteiger partial charge in [-0.1, -0.05) is 48.5 Å². The molecule has 2 nitrogen and oxygen atoms in total. The minimum absolute atomic E-state index is 0.330. The SMILES string of the molecule is OC(CCCl)C(O)c1cccc(-c2ccccc2)c1. The number of aliphatic hydroxyl groups is 2. The van der Waals surface area contributed by atoms with E-state index in [9.17, 15) is 10.2 Å². The Balaban J connectivity index is 2.25. The Labute approximate surface area is 118 Å². The van der Waals surface area contributed by atoms with Gasteiger partial charge in [-0.2, -0.15) is 0 Å². The van der Waals surface area contributed by atoms with Crippen LogP contribution in [-0.4, -0.2) is 22.2 Å². The molecule has 100 valence electrons. The van der Waals surface area contributed by atoms with Crippen LogP contribution in [0.5, 0.6) is 0 Å². The average Bonchev–Trinajstić information content (AvgIpc) is 2.48. The Morgan fingerprint density at radius 3 is 2.26 bits per heavy atom. The summed E-state index contributed by atoms with van der Waals surface area (Å²) in [6.07, 6.45) is -1.36. The van der Waals surface area contributed by atoms with E-state index in [1.54, 1.807) is 0 Å². The van der Waals surface area contributed by atoms with E-state index in [2.05, 4.69) is 0 Å². The second-order valence-corrected chi connectivity index (χ2v) is 4.86. The molecule has 3 heteroatoms. The number of aliphatic hydroxyl groups excluding tert-OH is 2. The Kier molecular flexibility index (Phi) is 4.97. The molecule has 0 saturated heterocycles. The van der Waals surface area contributed by atoms with Crippen molar-refractivity contribution in [3.8, 4) is 11.1 Å². The van der Waals surface area contributed by atoms with E-state index < -0.39 is 12.2 Å². The van der Waals surface area contributed by atoms with Crippen molar-refractivity contribution in [2.45, 2.75) is 18.6 Å². The Morgan fingerprint density at radius 2 is 1.58 bits per heavy atom. The summed E-state index contributed by atoms with van der Waals surface area (Å²) in [6.45, 7) is 0. The van der Waals surface area contributed by atoms with Crippen LogP contribution in [0.1, 0.15) is 18.1 Å². The fourth-order valence-corrected chi connectivity index (χ4v) is 2.25. The molecule has 0 spiro atoms. The van der Waals surface area contributed by atoms with Gasteiger partial charge in [0.2, 0.25) is 0 Å². The van der Waals surface area contributed by atoms with E-state index in [-0.39, 0.29) is 0 Å². The number of hydrogen-bond acceptors (Lipinski definition) is 2. The van der Waals surface area contributed by atoms with Crippen LogP contribution in [0.15, 0.2) is 54.6 Å². The molecule has 2 rings (SSSR count). The highest BCUT2D eigenvalue weighted by Crippen LogP contribution is 2.25. The molecule has 0 aliphatic heterocycles. The van der Waals surface area contributed by atoms with Gasteiger partial charge in [-0.3, -0.25) is 0 Å². The second-order valence-electron chi connectivity index (χ2n) is 4.48. The van der Waals surface area contributed by atoms with Crippen molar-refractivity contribution >= 4 is 11.6 Å². The molecule has 2 N–H and O–H groups in total. The molecule has 0 radical (unpaired) electrons. The number of rotatable bonds is 5. The highest BCUT2D eigenvalue weighted by molar-refractivity contribution is 6.17. The number of benzene rings is 2. The van der Waals surface area contributed by atoms with Crippen LogP contribution >= 0.6 is 11.6 Å². The summed E-state index contributed by atoms with van der Waals surface area (Å²) in [4.78, 5) is 0. The zero-order valence-corrected chi connectivity index (χ0v) is 11.3. The lowest BCUT2D eigenvalue weighted by Gasteiger charge is -2.18. The summed E-state index contributed by atoms with van der Waals surface area (Å²) in [7, 11) is 0. The van der Waals surface area contributed by atoms with Crippen molar-refractivity contribution in [2.24, 2.45) is 0 Å². The molecular weight excluding hydrogens is 260 g/mol. The molecule has 19 heavy (non-hydrogen) atoms. The van der Waals surface area contributed by atoms with Gasteiger partial charge >= 0.3 is 0 Å². The summed E-state index contributed by atoms with van der Waals surface area (Å²) in [5.41, 5.74) is 2.82. The van der Waals surface area contributed by atoms with Crippen molar-refractivity contribution in [3.05, 3.63) is 60.2 Å². The van der Waals surface area contributed by atoms with E-state index in [4.69, 9.17) is 11.6 Å². The van der Waals surface area contributed by atoms with Gasteiger partial charge in [0.15, 0.2) is 0 Å². The summed E-state index contributed by atoms with van der Waals surface area (Å²) in [5.74, 6) is 0.330. The molecule has 0 bridgehead atoms. The smallest absolute Gasteiger partial charge is 0.105 e. The molecule has 0 fully saturated rings. The summed E-state index contributed by atoms with van der Waals surface area (Å²) >= 11 is 5.58. The normalized spacial score (nSPS) is 14.1. The van der Waals surface area contributed by atoms with Crippen LogP contribution in [0.2, 0.25) is 0 Å². The van der Waals surface area contributed by atoms with E-state index in [1.807, 2.05) is 54.6 Å². The Hall–Kier alpha value is -1.35. The monoisotopic (exact) mass is 276 g/mol. The van der Waals surface area contributed by atoms with E-state index in [1.165, 1.54) is 0 Å². The van der Waals surface area contributed by atoms with Crippen LogP contribution in [0, 0.1) is 0 Å². The van der Waals surface area contributed by atoms with Gasteiger partial charge in [-0.15, -0.1) is 11.6 Å². The zero-order chi connectivity index (χ0) is 13.7. The first-order chi connectivity index (χ1) is 9.22. The molecule has 0 saturated carbocycles. The fraction of sp³-hybridized carbons (Fsp3) is 0.250. The van der Waals surface area contributed by atoms with Gasteiger partial charge in [-0.25, -0.2) is 0 Å². The topological polar surface area (TPSA) is 40.5 Å². The third-order valence-corrected chi connectivity index (χ3v) is 3.32. The van der Waals surface area contributed by atoms with Gasteiger partial charge in [-0.05, 0) is 29.2 Å². The Bertz CT molecular complexity index is 513. The number of hydrogen-bond donors (Lipinski definition) is 2. The average molecular weight is 277 g/mol. The Morgan fingerprint density at radius 1 is 0.895 bits per heavy atom. The molecule has 2 unspecified atom stereocenters. The maximum Gasteiger partial charge on any atom is 0.105 e. The van der Waals surface area contributed by atoms with E-state index in [0.717, 1.165) is 11.1 Å². The first kappa shape index (κ1) is 14.1. The van der Waals surface area contributed by atoms with E-state index in [0.29, 0.717) is 17.9 Å². The van der Waals surface area contributed by atoms with Crippen LogP contribution in [-0.2, 0) is 0 Å². The maximum atomic E-state index is 10.1. The van der Waals surface area contributed by atoms with Crippen molar-refractivity contribution in [1.82, 2.24) is 0 Å². The van der Waals surface area contributed by atoms with Crippen LogP contribution < -0.4 is 0 Å². The molecule has 0 heterocycles. The largest absolute Gasteiger partial charge is 0.390 e. The van der Waals surface area contributed by atoms with E-state index >= 15 is 0 Å². The summed E-state index contributed by atoms with van der Waals surface area (Å²) < 4.78 is 0. The second kappa shape index (κ2) is 6.71. The van der Waals surface area contributed by atoms with Gasteiger partial charge in [0.1, 0.15) is 6.10 Å². The molecule has 2 aromatic carbocycles. The van der Waals surface area contributed by atoms with Crippen molar-refractivity contribution in [3.63, 3.8) is 0 Å². The van der Waals surface area contributed by atoms with Gasteiger partial charge in [0.05, 0.1) is 6.10 Å². The van der Waals surface area contributed by atoms with Gasteiger partial charge in [0, 0.05) is 5.88 Å². The molecule has 0 aliphatic carbocycles. The maximum absolute atomic E-state index is 10.1. The van der Waals surface area contributed by atoms with Gasteiger partial charge in [0.25, 0.3) is 0 Å². The lowest BCUT2D eigenvalue weighted by atomic mass is 9.97. The summed E-state index contributed by atoms with van der Waals surface area (Å²) in [6, 6.07) is 17.5.